The molecule has 0 spiro atoms. The van der Waals surface area contributed by atoms with E-state index in [9.17, 15) is 14.0 Å². The number of benzene rings is 2. The third-order valence-electron chi connectivity index (χ3n) is 4.09. The highest BCUT2D eigenvalue weighted by molar-refractivity contribution is 6.30. The SMILES string of the molecule is O=C(COC(=O)c1ccc(OC[C@H]2CCCO2)cc1)Nc1ccc(Cl)cc1F. The van der Waals surface area contributed by atoms with Crippen LogP contribution in [0.25, 0.3) is 0 Å². The maximum Gasteiger partial charge on any atom is 0.338 e. The van der Waals surface area contributed by atoms with Crippen LogP contribution in [0.4, 0.5) is 10.1 Å². The molecule has 1 aliphatic rings. The van der Waals surface area contributed by atoms with Crippen LogP contribution in [-0.2, 0) is 14.3 Å². The summed E-state index contributed by atoms with van der Waals surface area (Å²) in [6, 6.07) is 10.2. The molecule has 6 nitrogen and oxygen atoms in total. The molecule has 148 valence electrons. The van der Waals surface area contributed by atoms with Gasteiger partial charge in [-0.25, -0.2) is 9.18 Å². The van der Waals surface area contributed by atoms with E-state index in [0.29, 0.717) is 12.4 Å². The Hall–Kier alpha value is -2.64. The maximum atomic E-state index is 13.6. The third kappa shape index (κ3) is 5.68. The largest absolute Gasteiger partial charge is 0.491 e. The van der Waals surface area contributed by atoms with Crippen LogP contribution in [0.5, 0.6) is 5.75 Å². The van der Waals surface area contributed by atoms with Crippen LogP contribution in [-0.4, -0.2) is 37.8 Å². The van der Waals surface area contributed by atoms with E-state index in [2.05, 4.69) is 5.32 Å². The topological polar surface area (TPSA) is 73.9 Å². The second-order valence-corrected chi connectivity index (χ2v) is 6.66. The van der Waals surface area contributed by atoms with Gasteiger partial charge in [0.25, 0.3) is 5.91 Å². The lowest BCUT2D eigenvalue weighted by Crippen LogP contribution is -2.21. The normalized spacial score (nSPS) is 15.9. The summed E-state index contributed by atoms with van der Waals surface area (Å²) < 4.78 is 29.7. The molecule has 0 aliphatic carbocycles. The van der Waals surface area contributed by atoms with Crippen LogP contribution in [0.1, 0.15) is 23.2 Å². The second kappa shape index (κ2) is 9.52. The van der Waals surface area contributed by atoms with Crippen LogP contribution in [0.3, 0.4) is 0 Å². The molecule has 0 saturated carbocycles. The predicted octanol–water partition coefficient (Wildman–Crippen LogP) is 3.83. The van der Waals surface area contributed by atoms with Gasteiger partial charge in [0, 0.05) is 11.6 Å². The number of amides is 1. The predicted molar refractivity (Wildman–Crippen MR) is 101 cm³/mol. The van der Waals surface area contributed by atoms with Crippen molar-refractivity contribution in [1.82, 2.24) is 0 Å². The van der Waals surface area contributed by atoms with Gasteiger partial charge in [-0.15, -0.1) is 0 Å². The average Bonchev–Trinajstić information content (AvgIpc) is 3.21. The molecule has 28 heavy (non-hydrogen) atoms. The van der Waals surface area contributed by atoms with Crippen molar-refractivity contribution in [2.75, 3.05) is 25.1 Å². The van der Waals surface area contributed by atoms with E-state index in [-0.39, 0.29) is 22.4 Å². The molecule has 1 aliphatic heterocycles. The Morgan fingerprint density at radius 2 is 2.00 bits per heavy atom. The van der Waals surface area contributed by atoms with Crippen LogP contribution in [0, 0.1) is 5.82 Å². The van der Waals surface area contributed by atoms with Gasteiger partial charge in [-0.05, 0) is 55.3 Å². The van der Waals surface area contributed by atoms with Crippen molar-refractivity contribution in [2.24, 2.45) is 0 Å². The quantitative estimate of drug-likeness (QED) is 0.706. The average molecular weight is 408 g/mol. The van der Waals surface area contributed by atoms with Gasteiger partial charge in [0.15, 0.2) is 6.61 Å². The van der Waals surface area contributed by atoms with Crippen molar-refractivity contribution in [2.45, 2.75) is 18.9 Å². The Labute approximate surface area is 166 Å². The van der Waals surface area contributed by atoms with Crippen LogP contribution in [0.15, 0.2) is 42.5 Å². The number of hydrogen-bond acceptors (Lipinski definition) is 5. The number of halogens is 2. The van der Waals surface area contributed by atoms with E-state index in [1.165, 1.54) is 12.1 Å². The van der Waals surface area contributed by atoms with Gasteiger partial charge in [-0.1, -0.05) is 11.6 Å². The summed E-state index contributed by atoms with van der Waals surface area (Å²) in [5.74, 6) is -1.39. The highest BCUT2D eigenvalue weighted by Crippen LogP contribution is 2.19. The summed E-state index contributed by atoms with van der Waals surface area (Å²) in [7, 11) is 0. The lowest BCUT2D eigenvalue weighted by molar-refractivity contribution is -0.119. The highest BCUT2D eigenvalue weighted by Gasteiger charge is 2.16. The van der Waals surface area contributed by atoms with Crippen molar-refractivity contribution in [3.05, 3.63) is 58.9 Å². The van der Waals surface area contributed by atoms with E-state index in [1.54, 1.807) is 24.3 Å². The summed E-state index contributed by atoms with van der Waals surface area (Å²) in [5.41, 5.74) is 0.230. The molecule has 0 radical (unpaired) electrons. The molecule has 8 heteroatoms. The molecule has 2 aromatic rings. The zero-order valence-electron chi connectivity index (χ0n) is 15.0. The molecule has 0 bridgehead atoms. The van der Waals surface area contributed by atoms with Gasteiger partial charge in [0.05, 0.1) is 17.4 Å². The van der Waals surface area contributed by atoms with Gasteiger partial charge in [-0.2, -0.15) is 0 Å². The molecule has 1 heterocycles. The smallest absolute Gasteiger partial charge is 0.338 e. The summed E-state index contributed by atoms with van der Waals surface area (Å²) in [6.07, 6.45) is 2.12. The molecule has 1 amide bonds. The summed E-state index contributed by atoms with van der Waals surface area (Å²) in [5, 5.41) is 2.53. The highest BCUT2D eigenvalue weighted by atomic mass is 35.5. The number of carbonyl (C=O) groups excluding carboxylic acids is 2. The number of anilines is 1. The van der Waals surface area contributed by atoms with Crippen LogP contribution >= 0.6 is 11.6 Å². The fourth-order valence-corrected chi connectivity index (χ4v) is 2.80. The summed E-state index contributed by atoms with van der Waals surface area (Å²) in [6.45, 7) is 0.681. The van der Waals surface area contributed by atoms with Gasteiger partial charge in [-0.3, -0.25) is 4.79 Å². The lowest BCUT2D eigenvalue weighted by atomic mass is 10.2. The number of esters is 1. The van der Waals surface area contributed by atoms with Crippen molar-refractivity contribution in [3.63, 3.8) is 0 Å². The number of hydrogen-bond donors (Lipinski definition) is 1. The standard InChI is InChI=1S/C20H19ClFNO5/c21-14-5-8-18(17(22)10-14)23-19(24)12-28-20(25)13-3-6-15(7-4-13)27-11-16-2-1-9-26-16/h3-8,10,16H,1-2,9,11-12H2,(H,23,24)/t16-/m1/s1. The zero-order chi connectivity index (χ0) is 19.9. The maximum absolute atomic E-state index is 13.6. The van der Waals surface area contributed by atoms with Gasteiger partial charge in [0.2, 0.25) is 0 Å². The summed E-state index contributed by atoms with van der Waals surface area (Å²) >= 11 is 5.65. The van der Waals surface area contributed by atoms with Gasteiger partial charge < -0.3 is 19.5 Å². The van der Waals surface area contributed by atoms with Gasteiger partial charge >= 0.3 is 5.97 Å². The Morgan fingerprint density at radius 3 is 2.68 bits per heavy atom. The molecule has 1 N–H and O–H groups in total. The van der Waals surface area contributed by atoms with E-state index < -0.39 is 24.3 Å². The van der Waals surface area contributed by atoms with Crippen LogP contribution in [0.2, 0.25) is 5.02 Å². The minimum Gasteiger partial charge on any atom is -0.491 e. The van der Waals surface area contributed by atoms with E-state index in [4.69, 9.17) is 25.8 Å². The fraction of sp³-hybridized carbons (Fsp3) is 0.300. The molecule has 0 unspecified atom stereocenters. The molecule has 3 rings (SSSR count). The first kappa shape index (κ1) is 20.1. The first-order valence-corrected chi connectivity index (χ1v) is 9.15. The fourth-order valence-electron chi connectivity index (χ4n) is 2.64. The molecule has 0 aromatic heterocycles. The Morgan fingerprint density at radius 1 is 1.21 bits per heavy atom. The van der Waals surface area contributed by atoms with Crippen LogP contribution < -0.4 is 10.1 Å². The van der Waals surface area contributed by atoms with Crippen molar-refractivity contribution in [3.8, 4) is 5.75 Å². The summed E-state index contributed by atoms with van der Waals surface area (Å²) in [4.78, 5) is 23.9. The Kier molecular flexibility index (Phi) is 6.84. The number of carbonyl (C=O) groups is 2. The van der Waals surface area contributed by atoms with Gasteiger partial charge in [0.1, 0.15) is 18.2 Å². The molecular formula is C20H19ClFNO5. The monoisotopic (exact) mass is 407 g/mol. The molecule has 1 saturated heterocycles. The number of rotatable bonds is 7. The number of ether oxygens (including phenoxy) is 3. The molecule has 1 fully saturated rings. The lowest BCUT2D eigenvalue weighted by Gasteiger charge is -2.11. The molecule has 2 aromatic carbocycles. The van der Waals surface area contributed by atoms with E-state index in [1.807, 2.05) is 0 Å². The van der Waals surface area contributed by atoms with Crippen molar-refractivity contribution < 1.29 is 28.2 Å². The first-order chi connectivity index (χ1) is 13.5. The minimum absolute atomic E-state index is 0.0433. The van der Waals surface area contributed by atoms with Crippen molar-refractivity contribution in [1.29, 1.82) is 0 Å². The molecule has 1 atom stereocenters. The van der Waals surface area contributed by atoms with E-state index >= 15 is 0 Å². The number of nitrogens with one attached hydrogen (secondary N) is 1. The Balaban J connectivity index is 1.45. The first-order valence-electron chi connectivity index (χ1n) is 8.78. The van der Waals surface area contributed by atoms with Crippen molar-refractivity contribution >= 4 is 29.2 Å². The zero-order valence-corrected chi connectivity index (χ0v) is 15.7. The molecular weight excluding hydrogens is 389 g/mol. The second-order valence-electron chi connectivity index (χ2n) is 6.22. The minimum atomic E-state index is -0.675. The third-order valence-corrected chi connectivity index (χ3v) is 4.32. The van der Waals surface area contributed by atoms with E-state index in [0.717, 1.165) is 25.5 Å². The Bertz CT molecular complexity index is 837.